The fourth-order valence-corrected chi connectivity index (χ4v) is 3.92. The van der Waals surface area contributed by atoms with Gasteiger partial charge in [0.05, 0.1) is 18.7 Å². The molecule has 1 aliphatic heterocycles. The first-order valence-corrected chi connectivity index (χ1v) is 11.8. The maximum Gasteiger partial charge on any atom is 0.326 e. The summed E-state index contributed by atoms with van der Waals surface area (Å²) in [6, 6.07) is -4.12. The number of rotatable bonds is 14. The van der Waals surface area contributed by atoms with E-state index in [2.05, 4.69) is 41.2 Å². The van der Waals surface area contributed by atoms with Gasteiger partial charge in [-0.3, -0.25) is 19.2 Å². The molecule has 0 aromatic carbocycles. The van der Waals surface area contributed by atoms with Crippen molar-refractivity contribution in [3.63, 3.8) is 0 Å². The minimum absolute atomic E-state index is 0.0331. The molecule has 3 heterocycles. The fourth-order valence-electron chi connectivity index (χ4n) is 3.92. The molecule has 4 amide bonds. The Balaban J connectivity index is 1.73. The van der Waals surface area contributed by atoms with E-state index in [1.54, 1.807) is 0 Å². The number of hydrogen-bond donors (Lipinski definition) is 8. The van der Waals surface area contributed by atoms with Crippen LogP contribution in [0.15, 0.2) is 25.0 Å². The number of nitrogens with two attached hydrogens (primary N) is 1. The van der Waals surface area contributed by atoms with E-state index < -0.39 is 53.8 Å². The van der Waals surface area contributed by atoms with Crippen molar-refractivity contribution >= 4 is 29.6 Å². The first-order chi connectivity index (χ1) is 17.7. The van der Waals surface area contributed by atoms with Crippen molar-refractivity contribution < 1.29 is 29.1 Å². The van der Waals surface area contributed by atoms with Crippen LogP contribution in [0, 0.1) is 0 Å². The number of primary amides is 1. The third kappa shape index (κ3) is 8.42. The lowest BCUT2D eigenvalue weighted by atomic mass is 10.1. The Hall–Kier alpha value is -4.27. The van der Waals surface area contributed by atoms with Crippen molar-refractivity contribution in [3.8, 4) is 0 Å². The number of carbonyl (C=O) groups is 5. The molecule has 0 aliphatic carbocycles. The largest absolute Gasteiger partial charge is 0.480 e. The Labute approximate surface area is 211 Å². The monoisotopic (exact) mass is 517 g/mol. The number of hydrogen-bond acceptors (Lipinski definition) is 8. The van der Waals surface area contributed by atoms with Crippen LogP contribution in [0.4, 0.5) is 0 Å². The van der Waals surface area contributed by atoms with Crippen LogP contribution in [0.3, 0.4) is 0 Å². The second-order valence-corrected chi connectivity index (χ2v) is 8.74. The van der Waals surface area contributed by atoms with Crippen molar-refractivity contribution in [2.75, 3.05) is 6.54 Å². The van der Waals surface area contributed by atoms with E-state index in [1.807, 2.05) is 0 Å². The number of nitrogens with zero attached hydrogens (tertiary/aromatic N) is 2. The van der Waals surface area contributed by atoms with Crippen LogP contribution < -0.4 is 27.0 Å². The van der Waals surface area contributed by atoms with Crippen LogP contribution in [0.1, 0.15) is 37.1 Å². The molecule has 15 nitrogen and oxygen atoms in total. The van der Waals surface area contributed by atoms with Crippen LogP contribution in [0.2, 0.25) is 0 Å². The van der Waals surface area contributed by atoms with E-state index in [9.17, 15) is 29.1 Å². The Morgan fingerprint density at radius 3 is 2.05 bits per heavy atom. The number of imidazole rings is 2. The van der Waals surface area contributed by atoms with E-state index >= 15 is 0 Å². The van der Waals surface area contributed by atoms with Crippen molar-refractivity contribution in [3.05, 3.63) is 36.4 Å². The van der Waals surface area contributed by atoms with Gasteiger partial charge in [-0.2, -0.15) is 0 Å². The topological polar surface area (TPSA) is 237 Å². The summed E-state index contributed by atoms with van der Waals surface area (Å²) in [7, 11) is 0. The van der Waals surface area contributed by atoms with Crippen LogP contribution in [-0.2, 0) is 36.8 Å². The highest BCUT2D eigenvalue weighted by Crippen LogP contribution is 2.08. The van der Waals surface area contributed by atoms with Gasteiger partial charge >= 0.3 is 5.97 Å². The van der Waals surface area contributed by atoms with Crippen molar-refractivity contribution in [1.29, 1.82) is 0 Å². The number of carboxylic acid groups (broad SMARTS) is 1. The van der Waals surface area contributed by atoms with E-state index in [4.69, 9.17) is 5.73 Å². The summed E-state index contributed by atoms with van der Waals surface area (Å²) in [6.45, 7) is 0.673. The zero-order chi connectivity index (χ0) is 26.8. The predicted molar refractivity (Wildman–Crippen MR) is 127 cm³/mol. The Morgan fingerprint density at radius 1 is 0.946 bits per heavy atom. The van der Waals surface area contributed by atoms with Crippen molar-refractivity contribution in [2.24, 2.45) is 5.73 Å². The number of H-pyrrole nitrogens is 2. The number of aromatic nitrogens is 4. The van der Waals surface area contributed by atoms with Gasteiger partial charge in [-0.25, -0.2) is 14.8 Å². The van der Waals surface area contributed by atoms with E-state index in [0.29, 0.717) is 24.4 Å². The van der Waals surface area contributed by atoms with Gasteiger partial charge in [0.15, 0.2) is 0 Å². The molecule has 1 fully saturated rings. The van der Waals surface area contributed by atoms with Gasteiger partial charge in [0, 0.05) is 43.0 Å². The molecular weight excluding hydrogens is 486 g/mol. The first-order valence-electron chi connectivity index (χ1n) is 11.8. The Kier molecular flexibility index (Phi) is 9.71. The number of amides is 4. The van der Waals surface area contributed by atoms with Crippen LogP contribution >= 0.6 is 0 Å². The molecule has 37 heavy (non-hydrogen) atoms. The number of carbonyl (C=O) groups excluding carboxylic acids is 4. The zero-order valence-electron chi connectivity index (χ0n) is 20.0. The minimum Gasteiger partial charge on any atom is -0.480 e. The molecule has 0 radical (unpaired) electrons. The number of carboxylic acids is 1. The molecule has 15 heteroatoms. The molecule has 0 saturated carbocycles. The maximum absolute atomic E-state index is 13.2. The molecule has 4 atom stereocenters. The summed E-state index contributed by atoms with van der Waals surface area (Å²) >= 11 is 0. The molecule has 3 rings (SSSR count). The summed E-state index contributed by atoms with van der Waals surface area (Å²) < 4.78 is 0. The summed E-state index contributed by atoms with van der Waals surface area (Å²) in [5.74, 6) is -3.80. The number of aromatic amines is 2. The molecule has 0 bridgehead atoms. The van der Waals surface area contributed by atoms with Gasteiger partial charge in [-0.15, -0.1) is 0 Å². The Bertz CT molecular complexity index is 1070. The summed E-state index contributed by atoms with van der Waals surface area (Å²) in [4.78, 5) is 75.4. The molecular formula is C22H31N9O6. The maximum atomic E-state index is 13.2. The average Bonchev–Trinajstić information content (AvgIpc) is 3.64. The molecule has 4 unspecified atom stereocenters. The number of nitrogens with one attached hydrogen (secondary N) is 6. The third-order valence-corrected chi connectivity index (χ3v) is 5.89. The van der Waals surface area contributed by atoms with Gasteiger partial charge in [0.1, 0.15) is 18.1 Å². The molecule has 1 saturated heterocycles. The highest BCUT2D eigenvalue weighted by atomic mass is 16.4. The second-order valence-electron chi connectivity index (χ2n) is 8.74. The number of aliphatic carboxylic acids is 1. The molecule has 1 aliphatic rings. The van der Waals surface area contributed by atoms with Gasteiger partial charge in [0.2, 0.25) is 23.6 Å². The van der Waals surface area contributed by atoms with E-state index in [1.165, 1.54) is 25.0 Å². The van der Waals surface area contributed by atoms with Gasteiger partial charge in [0.25, 0.3) is 0 Å². The lowest BCUT2D eigenvalue weighted by molar-refractivity contribution is -0.142. The molecule has 0 spiro atoms. The molecule has 2 aromatic heterocycles. The zero-order valence-corrected chi connectivity index (χ0v) is 20.0. The van der Waals surface area contributed by atoms with Crippen LogP contribution in [0.5, 0.6) is 0 Å². The van der Waals surface area contributed by atoms with Gasteiger partial charge in [-0.05, 0) is 25.8 Å². The summed E-state index contributed by atoms with van der Waals surface area (Å²) in [6.07, 6.45) is 6.77. The molecule has 2 aromatic rings. The summed E-state index contributed by atoms with van der Waals surface area (Å²) in [5.41, 5.74) is 6.24. The smallest absolute Gasteiger partial charge is 0.326 e. The molecule has 200 valence electrons. The molecule has 9 N–H and O–H groups in total. The summed E-state index contributed by atoms with van der Waals surface area (Å²) in [5, 5.41) is 20.3. The minimum atomic E-state index is -1.30. The average molecular weight is 518 g/mol. The highest BCUT2D eigenvalue weighted by Gasteiger charge is 2.32. The van der Waals surface area contributed by atoms with Crippen LogP contribution in [-0.4, -0.2) is 85.4 Å². The van der Waals surface area contributed by atoms with E-state index in [0.717, 1.165) is 6.42 Å². The lowest BCUT2D eigenvalue weighted by Crippen LogP contribution is -2.58. The predicted octanol–water partition coefficient (Wildman–Crippen LogP) is -2.53. The quantitative estimate of drug-likeness (QED) is 0.132. The van der Waals surface area contributed by atoms with Crippen molar-refractivity contribution in [1.82, 2.24) is 41.2 Å². The lowest BCUT2D eigenvalue weighted by Gasteiger charge is -2.25. The second kappa shape index (κ2) is 13.2. The highest BCUT2D eigenvalue weighted by molar-refractivity contribution is 5.94. The van der Waals surface area contributed by atoms with E-state index in [-0.39, 0.29) is 25.7 Å². The van der Waals surface area contributed by atoms with Gasteiger partial charge < -0.3 is 42.1 Å². The third-order valence-electron chi connectivity index (χ3n) is 5.89. The van der Waals surface area contributed by atoms with Crippen molar-refractivity contribution in [2.45, 2.75) is 62.7 Å². The fraction of sp³-hybridized carbons (Fsp3) is 0.500. The first kappa shape index (κ1) is 27.3. The normalized spacial score (nSPS) is 17.4. The standard InChI is InChI=1S/C22H31N9O6/c23-18(32)4-3-15(29-19(33)14-2-1-5-26-14)20(34)30-16(6-12-8-24-10-27-12)21(35)31-17(22(36)37)7-13-9-25-11-28-13/h8-11,14-17,26H,1-7H2,(H2,23,32)(H,24,27)(H,25,28)(H,29,33)(H,30,34)(H,31,35)(H,36,37). The SMILES string of the molecule is NC(=O)CCC(NC(=O)C1CCCN1)C(=O)NC(Cc1cnc[nH]1)C(=O)NC(Cc1cnc[nH]1)C(=O)O. The van der Waals surface area contributed by atoms with Crippen LogP contribution in [0.25, 0.3) is 0 Å². The Morgan fingerprint density at radius 2 is 1.54 bits per heavy atom. The van der Waals surface area contributed by atoms with Gasteiger partial charge in [-0.1, -0.05) is 0 Å².